The fourth-order valence-electron chi connectivity index (χ4n) is 2.86. The first-order chi connectivity index (χ1) is 10.9. The first-order valence-electron chi connectivity index (χ1n) is 7.15. The highest BCUT2D eigenvalue weighted by Gasteiger charge is 2.39. The van der Waals surface area contributed by atoms with Gasteiger partial charge in [0, 0.05) is 31.1 Å². The Balaban J connectivity index is 1.90. The Morgan fingerprint density at radius 2 is 1.74 bits per heavy atom. The van der Waals surface area contributed by atoms with Crippen molar-refractivity contribution in [2.75, 3.05) is 13.1 Å². The molecule has 1 aliphatic heterocycles. The van der Waals surface area contributed by atoms with E-state index >= 15 is 0 Å². The SMILES string of the molecule is N[C@@H]1CN(S(=O)(=O)c2ccc(F)cc2F)C[C@H]1c1ccccc1. The van der Waals surface area contributed by atoms with Crippen molar-refractivity contribution in [1.82, 2.24) is 4.31 Å². The van der Waals surface area contributed by atoms with Crippen LogP contribution in [0.2, 0.25) is 0 Å². The van der Waals surface area contributed by atoms with Crippen molar-refractivity contribution in [3.63, 3.8) is 0 Å². The third-order valence-corrected chi connectivity index (χ3v) is 5.94. The minimum Gasteiger partial charge on any atom is -0.326 e. The van der Waals surface area contributed by atoms with Gasteiger partial charge in [0.05, 0.1) is 0 Å². The van der Waals surface area contributed by atoms with Gasteiger partial charge in [0.15, 0.2) is 0 Å². The van der Waals surface area contributed by atoms with Gasteiger partial charge >= 0.3 is 0 Å². The molecule has 2 aromatic carbocycles. The molecule has 0 unspecified atom stereocenters. The Labute approximate surface area is 133 Å². The summed E-state index contributed by atoms with van der Waals surface area (Å²) in [7, 11) is -4.05. The average molecular weight is 338 g/mol. The summed E-state index contributed by atoms with van der Waals surface area (Å²) < 4.78 is 53.2. The Morgan fingerprint density at radius 3 is 2.39 bits per heavy atom. The van der Waals surface area contributed by atoms with E-state index in [2.05, 4.69) is 0 Å². The fourth-order valence-corrected chi connectivity index (χ4v) is 4.41. The predicted octanol–water partition coefficient (Wildman–Crippen LogP) is 2.08. The predicted molar refractivity (Wildman–Crippen MR) is 82.3 cm³/mol. The van der Waals surface area contributed by atoms with Gasteiger partial charge in [-0.15, -0.1) is 0 Å². The van der Waals surface area contributed by atoms with Gasteiger partial charge < -0.3 is 5.73 Å². The first-order valence-corrected chi connectivity index (χ1v) is 8.59. The quantitative estimate of drug-likeness (QED) is 0.932. The highest BCUT2D eigenvalue weighted by molar-refractivity contribution is 7.89. The standard InChI is InChI=1S/C16H16F2N2O2S/c17-12-6-7-16(14(18)8-12)23(21,22)20-9-13(15(19)10-20)11-4-2-1-3-5-11/h1-8,13,15H,9-10,19H2/t13-,15+/m0/s1. The number of sulfonamides is 1. The van der Waals surface area contributed by atoms with E-state index in [4.69, 9.17) is 5.73 Å². The number of nitrogens with zero attached hydrogens (tertiary/aromatic N) is 1. The van der Waals surface area contributed by atoms with Gasteiger partial charge in [-0.25, -0.2) is 17.2 Å². The molecule has 0 aromatic heterocycles. The highest BCUT2D eigenvalue weighted by Crippen LogP contribution is 2.31. The van der Waals surface area contributed by atoms with Crippen LogP contribution >= 0.6 is 0 Å². The molecule has 0 bridgehead atoms. The molecule has 0 saturated carbocycles. The largest absolute Gasteiger partial charge is 0.326 e. The van der Waals surface area contributed by atoms with Gasteiger partial charge in [0.2, 0.25) is 10.0 Å². The summed E-state index contributed by atoms with van der Waals surface area (Å²) in [5.41, 5.74) is 7.02. The molecule has 122 valence electrons. The Hall–Kier alpha value is -1.83. The monoisotopic (exact) mass is 338 g/mol. The lowest BCUT2D eigenvalue weighted by Crippen LogP contribution is -2.32. The van der Waals surface area contributed by atoms with Crippen molar-refractivity contribution >= 4 is 10.0 Å². The molecule has 2 aromatic rings. The third-order valence-electron chi connectivity index (χ3n) is 4.07. The van der Waals surface area contributed by atoms with Crippen molar-refractivity contribution in [3.05, 3.63) is 65.7 Å². The van der Waals surface area contributed by atoms with Crippen molar-refractivity contribution in [2.45, 2.75) is 16.9 Å². The van der Waals surface area contributed by atoms with E-state index in [0.29, 0.717) is 6.07 Å². The van der Waals surface area contributed by atoms with Crippen molar-refractivity contribution in [3.8, 4) is 0 Å². The molecular weight excluding hydrogens is 322 g/mol. The molecule has 1 heterocycles. The third kappa shape index (κ3) is 2.99. The normalized spacial score (nSPS) is 22.4. The van der Waals surface area contributed by atoms with Crippen LogP contribution in [0.25, 0.3) is 0 Å². The minimum atomic E-state index is -4.05. The smallest absolute Gasteiger partial charge is 0.246 e. The maximum Gasteiger partial charge on any atom is 0.246 e. The van der Waals surface area contributed by atoms with Gasteiger partial charge in [-0.05, 0) is 17.7 Å². The van der Waals surface area contributed by atoms with Gasteiger partial charge in [0.1, 0.15) is 16.5 Å². The second-order valence-electron chi connectivity index (χ2n) is 5.58. The minimum absolute atomic E-state index is 0.0959. The summed E-state index contributed by atoms with van der Waals surface area (Å²) >= 11 is 0. The van der Waals surface area contributed by atoms with Crippen LogP contribution in [-0.2, 0) is 10.0 Å². The molecule has 0 amide bonds. The van der Waals surface area contributed by atoms with Crippen LogP contribution in [0.3, 0.4) is 0 Å². The zero-order valence-corrected chi connectivity index (χ0v) is 13.0. The van der Waals surface area contributed by atoms with E-state index in [1.54, 1.807) is 0 Å². The Morgan fingerprint density at radius 1 is 1.04 bits per heavy atom. The molecule has 2 atom stereocenters. The number of nitrogens with two attached hydrogens (primary N) is 1. The molecular formula is C16H16F2N2O2S. The van der Waals surface area contributed by atoms with E-state index in [0.717, 1.165) is 22.0 Å². The maximum atomic E-state index is 13.8. The summed E-state index contributed by atoms with van der Waals surface area (Å²) in [6.07, 6.45) is 0. The van der Waals surface area contributed by atoms with Crippen LogP contribution in [-0.4, -0.2) is 31.9 Å². The van der Waals surface area contributed by atoms with Gasteiger partial charge in [0.25, 0.3) is 0 Å². The fraction of sp³-hybridized carbons (Fsp3) is 0.250. The molecule has 1 aliphatic rings. The number of benzene rings is 2. The Kier molecular flexibility index (Phi) is 4.18. The molecule has 23 heavy (non-hydrogen) atoms. The van der Waals surface area contributed by atoms with E-state index in [9.17, 15) is 17.2 Å². The van der Waals surface area contributed by atoms with Crippen molar-refractivity contribution in [2.24, 2.45) is 5.73 Å². The first kappa shape index (κ1) is 16.0. The molecule has 0 radical (unpaired) electrons. The zero-order valence-electron chi connectivity index (χ0n) is 12.2. The zero-order chi connectivity index (χ0) is 16.6. The van der Waals surface area contributed by atoms with Gasteiger partial charge in [-0.3, -0.25) is 0 Å². The van der Waals surface area contributed by atoms with Crippen LogP contribution in [0.15, 0.2) is 53.4 Å². The average Bonchev–Trinajstić information content (AvgIpc) is 2.90. The van der Waals surface area contributed by atoms with E-state index < -0.39 is 26.6 Å². The van der Waals surface area contributed by atoms with Crippen LogP contribution < -0.4 is 5.73 Å². The molecule has 1 saturated heterocycles. The maximum absolute atomic E-state index is 13.8. The topological polar surface area (TPSA) is 63.4 Å². The molecule has 1 fully saturated rings. The number of rotatable bonds is 3. The van der Waals surface area contributed by atoms with E-state index in [1.807, 2.05) is 30.3 Å². The lowest BCUT2D eigenvalue weighted by molar-refractivity contribution is 0.462. The lowest BCUT2D eigenvalue weighted by Gasteiger charge is -2.17. The molecule has 0 spiro atoms. The molecule has 0 aliphatic carbocycles. The van der Waals surface area contributed by atoms with Gasteiger partial charge in [-0.1, -0.05) is 30.3 Å². The second-order valence-corrected chi connectivity index (χ2v) is 7.48. The lowest BCUT2D eigenvalue weighted by atomic mass is 9.95. The van der Waals surface area contributed by atoms with E-state index in [1.165, 1.54) is 0 Å². The van der Waals surface area contributed by atoms with Crippen molar-refractivity contribution in [1.29, 1.82) is 0 Å². The second kappa shape index (κ2) is 5.99. The number of halogens is 2. The van der Waals surface area contributed by atoms with Crippen molar-refractivity contribution < 1.29 is 17.2 Å². The van der Waals surface area contributed by atoms with Crippen LogP contribution in [0.1, 0.15) is 11.5 Å². The van der Waals surface area contributed by atoms with Crippen LogP contribution in [0, 0.1) is 11.6 Å². The molecule has 3 rings (SSSR count). The summed E-state index contributed by atoms with van der Waals surface area (Å²) in [6, 6.07) is 11.4. The summed E-state index contributed by atoms with van der Waals surface area (Å²) in [5.74, 6) is -2.07. The van der Waals surface area contributed by atoms with E-state index in [-0.39, 0.29) is 25.0 Å². The summed E-state index contributed by atoms with van der Waals surface area (Å²) in [5, 5.41) is 0. The molecule has 4 nitrogen and oxygen atoms in total. The van der Waals surface area contributed by atoms with Crippen LogP contribution in [0.5, 0.6) is 0 Å². The summed E-state index contributed by atoms with van der Waals surface area (Å²) in [4.78, 5) is -0.528. The van der Waals surface area contributed by atoms with Crippen LogP contribution in [0.4, 0.5) is 8.78 Å². The van der Waals surface area contributed by atoms with Gasteiger partial charge in [-0.2, -0.15) is 4.31 Å². The Bertz CT molecular complexity index is 812. The number of hydrogen-bond donors (Lipinski definition) is 1. The molecule has 7 heteroatoms. The summed E-state index contributed by atoms with van der Waals surface area (Å²) in [6.45, 7) is 0.267. The molecule has 2 N–H and O–H groups in total. The highest BCUT2D eigenvalue weighted by atomic mass is 32.2. The number of hydrogen-bond acceptors (Lipinski definition) is 3.